The van der Waals surface area contributed by atoms with Crippen LogP contribution in [0.1, 0.15) is 11.3 Å². The number of hydrogen-bond acceptors (Lipinski definition) is 5. The molecule has 25 heavy (non-hydrogen) atoms. The Morgan fingerprint density at radius 1 is 1.32 bits per heavy atom. The lowest BCUT2D eigenvalue weighted by Gasteiger charge is -2.06. The number of halogens is 3. The fourth-order valence-electron chi connectivity index (χ4n) is 2.02. The monoisotopic (exact) mass is 367 g/mol. The standard InChI is InChI=1S/C15H12F3N5OS/c1-9-4-2-3-5-10(9)20-13(24)7-25-14-21-12-6-11(15(16,17)18)19-8-23(12)22-14/h2-6,8H,7H2,1H3,(H,20,24). The number of thioether (sulfide) groups is 1. The van der Waals surface area contributed by atoms with Crippen LogP contribution in [0.15, 0.2) is 41.8 Å². The number of alkyl halides is 3. The Bertz CT molecular complexity index is 925. The molecule has 0 aliphatic rings. The van der Waals surface area contributed by atoms with E-state index in [2.05, 4.69) is 20.4 Å². The minimum absolute atomic E-state index is 0.0177. The van der Waals surface area contributed by atoms with Crippen molar-refractivity contribution >= 4 is 29.0 Å². The van der Waals surface area contributed by atoms with Crippen LogP contribution in [0.4, 0.5) is 18.9 Å². The molecule has 0 saturated heterocycles. The quantitative estimate of drug-likeness (QED) is 0.717. The molecule has 0 saturated carbocycles. The minimum Gasteiger partial charge on any atom is -0.325 e. The van der Waals surface area contributed by atoms with E-state index in [1.54, 1.807) is 6.07 Å². The first-order valence-corrected chi connectivity index (χ1v) is 8.09. The van der Waals surface area contributed by atoms with Gasteiger partial charge < -0.3 is 5.32 Å². The second kappa shape index (κ2) is 6.71. The van der Waals surface area contributed by atoms with Crippen molar-refractivity contribution < 1.29 is 18.0 Å². The summed E-state index contributed by atoms with van der Waals surface area (Å²) in [5.74, 6) is -0.225. The van der Waals surface area contributed by atoms with Gasteiger partial charge in [-0.3, -0.25) is 4.79 Å². The molecule has 0 bridgehead atoms. The summed E-state index contributed by atoms with van der Waals surface area (Å²) in [6.07, 6.45) is -3.60. The van der Waals surface area contributed by atoms with Gasteiger partial charge >= 0.3 is 6.18 Å². The maximum absolute atomic E-state index is 12.6. The predicted molar refractivity (Wildman–Crippen MR) is 86.3 cm³/mol. The number of nitrogens with zero attached hydrogens (tertiary/aromatic N) is 4. The molecule has 0 spiro atoms. The van der Waals surface area contributed by atoms with Crippen LogP contribution in [-0.4, -0.2) is 31.2 Å². The number of anilines is 1. The fraction of sp³-hybridized carbons (Fsp3) is 0.200. The summed E-state index contributed by atoms with van der Waals surface area (Å²) in [4.78, 5) is 19.3. The van der Waals surface area contributed by atoms with Crippen molar-refractivity contribution in [2.24, 2.45) is 0 Å². The maximum Gasteiger partial charge on any atom is 0.433 e. The molecule has 0 fully saturated rings. The van der Waals surface area contributed by atoms with Crippen molar-refractivity contribution in [3.63, 3.8) is 0 Å². The zero-order valence-corrected chi connectivity index (χ0v) is 13.7. The summed E-state index contributed by atoms with van der Waals surface area (Å²) in [5, 5.41) is 6.95. The minimum atomic E-state index is -4.55. The molecule has 1 N–H and O–H groups in total. The van der Waals surface area contributed by atoms with Gasteiger partial charge in [0, 0.05) is 11.8 Å². The summed E-state index contributed by atoms with van der Waals surface area (Å²) >= 11 is 1.03. The van der Waals surface area contributed by atoms with Crippen molar-refractivity contribution in [2.75, 3.05) is 11.1 Å². The topological polar surface area (TPSA) is 72.2 Å². The number of para-hydroxylation sites is 1. The van der Waals surface area contributed by atoms with Crippen LogP contribution in [-0.2, 0) is 11.0 Å². The van der Waals surface area contributed by atoms with E-state index in [1.807, 2.05) is 25.1 Å². The molecular formula is C15H12F3N5OS. The van der Waals surface area contributed by atoms with Crippen LogP contribution in [0, 0.1) is 6.92 Å². The van der Waals surface area contributed by atoms with Crippen LogP contribution in [0.3, 0.4) is 0 Å². The molecule has 3 aromatic rings. The van der Waals surface area contributed by atoms with Gasteiger partial charge in [-0.2, -0.15) is 13.2 Å². The van der Waals surface area contributed by atoms with Crippen molar-refractivity contribution in [1.29, 1.82) is 0 Å². The van der Waals surface area contributed by atoms with Crippen LogP contribution in [0.25, 0.3) is 5.65 Å². The Labute approximate surface area is 144 Å². The van der Waals surface area contributed by atoms with Crippen LogP contribution in [0.2, 0.25) is 0 Å². The number of fused-ring (bicyclic) bond motifs is 1. The molecule has 1 amide bonds. The first-order chi connectivity index (χ1) is 11.8. The molecule has 6 nitrogen and oxygen atoms in total. The Kier molecular flexibility index (Phi) is 4.62. The third kappa shape index (κ3) is 4.08. The lowest BCUT2D eigenvalue weighted by molar-refractivity contribution is -0.141. The lowest BCUT2D eigenvalue weighted by Crippen LogP contribution is -2.14. The van der Waals surface area contributed by atoms with Crippen LogP contribution >= 0.6 is 11.8 Å². The van der Waals surface area contributed by atoms with E-state index in [-0.39, 0.29) is 22.5 Å². The zero-order chi connectivity index (χ0) is 18.0. The van der Waals surface area contributed by atoms with Gasteiger partial charge in [0.1, 0.15) is 12.0 Å². The third-order valence-corrected chi connectivity index (χ3v) is 4.09. The van der Waals surface area contributed by atoms with E-state index in [4.69, 9.17) is 0 Å². The molecule has 0 atom stereocenters. The second-order valence-electron chi connectivity index (χ2n) is 5.12. The van der Waals surface area contributed by atoms with E-state index in [0.717, 1.165) is 34.2 Å². The molecule has 2 aromatic heterocycles. The smallest absolute Gasteiger partial charge is 0.325 e. The Hall–Kier alpha value is -2.62. The number of carbonyl (C=O) groups is 1. The Balaban J connectivity index is 1.67. The highest BCUT2D eigenvalue weighted by Gasteiger charge is 2.33. The van der Waals surface area contributed by atoms with Gasteiger partial charge in [-0.1, -0.05) is 30.0 Å². The van der Waals surface area contributed by atoms with Gasteiger partial charge in [-0.25, -0.2) is 14.5 Å². The van der Waals surface area contributed by atoms with Crippen LogP contribution in [0.5, 0.6) is 0 Å². The maximum atomic E-state index is 12.6. The number of amides is 1. The lowest BCUT2D eigenvalue weighted by atomic mass is 10.2. The number of nitrogens with one attached hydrogen (secondary N) is 1. The van der Waals surface area contributed by atoms with E-state index in [0.29, 0.717) is 5.69 Å². The van der Waals surface area contributed by atoms with Gasteiger partial charge in [0.15, 0.2) is 5.65 Å². The number of hydrogen-bond donors (Lipinski definition) is 1. The Morgan fingerprint density at radius 3 is 2.80 bits per heavy atom. The van der Waals surface area contributed by atoms with Gasteiger partial charge in [-0.05, 0) is 18.6 Å². The first kappa shape index (κ1) is 17.2. The van der Waals surface area contributed by atoms with Crippen LogP contribution < -0.4 is 5.32 Å². The van der Waals surface area contributed by atoms with Crippen molar-refractivity contribution in [1.82, 2.24) is 19.6 Å². The number of aromatic nitrogens is 4. The van der Waals surface area contributed by atoms with Gasteiger partial charge in [0.2, 0.25) is 11.1 Å². The van der Waals surface area contributed by atoms with Crippen molar-refractivity contribution in [3.05, 3.63) is 47.9 Å². The highest BCUT2D eigenvalue weighted by Crippen LogP contribution is 2.28. The van der Waals surface area contributed by atoms with Gasteiger partial charge in [0.25, 0.3) is 0 Å². The normalized spacial score (nSPS) is 11.7. The molecular weight excluding hydrogens is 355 g/mol. The predicted octanol–water partition coefficient (Wildman–Crippen LogP) is 3.18. The molecule has 3 rings (SSSR count). The number of carbonyl (C=O) groups excluding carboxylic acids is 1. The zero-order valence-electron chi connectivity index (χ0n) is 12.9. The van der Waals surface area contributed by atoms with E-state index in [1.165, 1.54) is 0 Å². The van der Waals surface area contributed by atoms with Crippen molar-refractivity contribution in [2.45, 2.75) is 18.3 Å². The number of aryl methyl sites for hydroxylation is 1. The van der Waals surface area contributed by atoms with E-state index >= 15 is 0 Å². The molecule has 0 aliphatic heterocycles. The summed E-state index contributed by atoms with van der Waals surface area (Å²) < 4.78 is 39.0. The number of benzene rings is 1. The summed E-state index contributed by atoms with van der Waals surface area (Å²) in [7, 11) is 0. The molecule has 130 valence electrons. The second-order valence-corrected chi connectivity index (χ2v) is 6.06. The average Bonchev–Trinajstić information content (AvgIpc) is 2.96. The summed E-state index contributed by atoms with van der Waals surface area (Å²) in [5.41, 5.74) is 0.609. The molecule has 1 aromatic carbocycles. The summed E-state index contributed by atoms with van der Waals surface area (Å²) in [6.45, 7) is 1.87. The Morgan fingerprint density at radius 2 is 2.08 bits per heavy atom. The summed E-state index contributed by atoms with van der Waals surface area (Å²) in [6, 6.07) is 8.14. The van der Waals surface area contributed by atoms with E-state index < -0.39 is 11.9 Å². The number of rotatable bonds is 4. The van der Waals surface area contributed by atoms with E-state index in [9.17, 15) is 18.0 Å². The molecule has 0 radical (unpaired) electrons. The highest BCUT2D eigenvalue weighted by atomic mass is 32.2. The molecule has 0 unspecified atom stereocenters. The largest absolute Gasteiger partial charge is 0.433 e. The third-order valence-electron chi connectivity index (χ3n) is 3.25. The van der Waals surface area contributed by atoms with Gasteiger partial charge in [-0.15, -0.1) is 5.10 Å². The molecule has 2 heterocycles. The van der Waals surface area contributed by atoms with Gasteiger partial charge in [0.05, 0.1) is 5.75 Å². The first-order valence-electron chi connectivity index (χ1n) is 7.11. The fourth-order valence-corrected chi connectivity index (χ4v) is 2.66. The van der Waals surface area contributed by atoms with Crippen molar-refractivity contribution in [3.8, 4) is 0 Å². The SMILES string of the molecule is Cc1ccccc1NC(=O)CSc1nc2cc(C(F)(F)F)ncn2n1. The highest BCUT2D eigenvalue weighted by molar-refractivity contribution is 7.99. The molecule has 0 aliphatic carbocycles. The molecule has 10 heteroatoms. The average molecular weight is 367 g/mol.